The van der Waals surface area contributed by atoms with Crippen molar-refractivity contribution in [2.75, 3.05) is 0 Å². The van der Waals surface area contributed by atoms with Crippen LogP contribution < -0.4 is 5.11 Å². The Kier molecular flexibility index (Phi) is 2.91. The third-order valence-electron chi connectivity index (χ3n) is 2.60. The number of aryl methyl sites for hydroxylation is 1. The van der Waals surface area contributed by atoms with Crippen molar-refractivity contribution in [3.63, 3.8) is 0 Å². The second-order valence-electron chi connectivity index (χ2n) is 3.83. The molecule has 0 bridgehead atoms. The highest BCUT2D eigenvalue weighted by Crippen LogP contribution is 2.24. The normalized spacial score (nSPS) is 10.2. The van der Waals surface area contributed by atoms with Crippen LogP contribution in [0.15, 0.2) is 42.5 Å². The molecule has 0 unspecified atom stereocenters. The van der Waals surface area contributed by atoms with Gasteiger partial charge in [-0.2, -0.15) is 0 Å². The Morgan fingerprint density at radius 1 is 1.18 bits per heavy atom. The molecule has 0 saturated carbocycles. The van der Waals surface area contributed by atoms with Crippen molar-refractivity contribution in [3.05, 3.63) is 59.4 Å². The van der Waals surface area contributed by atoms with E-state index >= 15 is 0 Å². The van der Waals surface area contributed by atoms with E-state index < -0.39 is 5.97 Å². The molecular weight excluding hydrogens is 219 g/mol. The van der Waals surface area contributed by atoms with Crippen molar-refractivity contribution in [3.8, 4) is 11.1 Å². The van der Waals surface area contributed by atoms with Gasteiger partial charge in [-0.25, -0.2) is 4.39 Å². The van der Waals surface area contributed by atoms with E-state index in [9.17, 15) is 14.3 Å². The molecule has 3 heteroatoms. The molecule has 0 amide bonds. The molecule has 86 valence electrons. The van der Waals surface area contributed by atoms with Crippen LogP contribution in [-0.4, -0.2) is 5.97 Å². The molecule has 0 aromatic heterocycles. The molecule has 2 aromatic carbocycles. The zero-order chi connectivity index (χ0) is 12.4. The third kappa shape index (κ3) is 2.33. The number of carboxylic acids is 1. The lowest BCUT2D eigenvalue weighted by Crippen LogP contribution is -2.22. The van der Waals surface area contributed by atoms with Crippen LogP contribution in [0.25, 0.3) is 11.1 Å². The Bertz CT molecular complexity index is 576. The van der Waals surface area contributed by atoms with Crippen molar-refractivity contribution in [1.82, 2.24) is 0 Å². The maximum Gasteiger partial charge on any atom is 0.123 e. The summed E-state index contributed by atoms with van der Waals surface area (Å²) < 4.78 is 13.0. The summed E-state index contributed by atoms with van der Waals surface area (Å²) in [6, 6.07) is 10.8. The first-order valence-electron chi connectivity index (χ1n) is 5.16. The van der Waals surface area contributed by atoms with Crippen molar-refractivity contribution in [2.45, 2.75) is 6.92 Å². The van der Waals surface area contributed by atoms with Gasteiger partial charge in [-0.1, -0.05) is 24.3 Å². The molecule has 0 radical (unpaired) electrons. The molecule has 0 aliphatic rings. The second-order valence-corrected chi connectivity index (χ2v) is 3.83. The quantitative estimate of drug-likeness (QED) is 0.791. The van der Waals surface area contributed by atoms with E-state index in [-0.39, 0.29) is 11.4 Å². The molecule has 0 aliphatic heterocycles. The third-order valence-corrected chi connectivity index (χ3v) is 2.60. The van der Waals surface area contributed by atoms with E-state index in [0.717, 1.165) is 16.7 Å². The minimum Gasteiger partial charge on any atom is -0.545 e. The minimum atomic E-state index is -1.22. The number of hydrogen-bond acceptors (Lipinski definition) is 2. The summed E-state index contributed by atoms with van der Waals surface area (Å²) in [5, 5.41) is 10.8. The van der Waals surface area contributed by atoms with Crippen molar-refractivity contribution in [2.24, 2.45) is 0 Å². The lowest BCUT2D eigenvalue weighted by atomic mass is 9.99. The highest BCUT2D eigenvalue weighted by atomic mass is 19.1. The predicted molar refractivity (Wildman–Crippen MR) is 60.9 cm³/mol. The molecule has 0 heterocycles. The van der Waals surface area contributed by atoms with Crippen LogP contribution in [0.3, 0.4) is 0 Å². The van der Waals surface area contributed by atoms with Crippen molar-refractivity contribution in [1.29, 1.82) is 0 Å². The number of benzene rings is 2. The van der Waals surface area contributed by atoms with E-state index in [1.807, 2.05) is 0 Å². The molecule has 0 saturated heterocycles. The van der Waals surface area contributed by atoms with Crippen LogP contribution in [0.1, 0.15) is 15.9 Å². The first kappa shape index (κ1) is 11.3. The average Bonchev–Trinajstić information content (AvgIpc) is 2.29. The lowest BCUT2D eigenvalue weighted by molar-refractivity contribution is -0.255. The zero-order valence-electron chi connectivity index (χ0n) is 9.24. The molecule has 0 N–H and O–H groups in total. The largest absolute Gasteiger partial charge is 0.545 e. The fourth-order valence-electron chi connectivity index (χ4n) is 1.76. The maximum absolute atomic E-state index is 13.0. The Balaban J connectivity index is 2.53. The number of carbonyl (C=O) groups is 1. The summed E-state index contributed by atoms with van der Waals surface area (Å²) in [6.45, 7) is 1.78. The number of rotatable bonds is 2. The Morgan fingerprint density at radius 3 is 2.59 bits per heavy atom. The number of carboxylic acid groups (broad SMARTS) is 1. The summed E-state index contributed by atoms with van der Waals surface area (Å²) in [7, 11) is 0. The topological polar surface area (TPSA) is 40.1 Å². The Hall–Kier alpha value is -2.16. The molecule has 2 rings (SSSR count). The fraction of sp³-hybridized carbons (Fsp3) is 0.0714. The van der Waals surface area contributed by atoms with Crippen molar-refractivity contribution < 1.29 is 14.3 Å². The molecule has 2 nitrogen and oxygen atoms in total. The molecular formula is C14H10FO2-. The summed E-state index contributed by atoms with van der Waals surface area (Å²) in [5.74, 6) is -1.52. The SMILES string of the molecule is Cc1cc(F)ccc1-c1cccc(C(=O)[O-])c1. The highest BCUT2D eigenvalue weighted by molar-refractivity contribution is 5.88. The maximum atomic E-state index is 13.0. The van der Waals surface area contributed by atoms with Crippen LogP contribution in [-0.2, 0) is 0 Å². The van der Waals surface area contributed by atoms with Gasteiger partial charge in [0.15, 0.2) is 0 Å². The minimum absolute atomic E-state index is 0.117. The van der Waals surface area contributed by atoms with E-state index in [1.54, 1.807) is 25.1 Å². The number of aromatic carboxylic acids is 1. The number of hydrogen-bond donors (Lipinski definition) is 0. The lowest BCUT2D eigenvalue weighted by Gasteiger charge is -2.08. The first-order chi connectivity index (χ1) is 8.08. The standard InChI is InChI=1S/C14H11FO2/c1-9-7-12(15)5-6-13(9)10-3-2-4-11(8-10)14(16)17/h2-8H,1H3,(H,16,17)/p-1. The predicted octanol–water partition coefficient (Wildman–Crippen LogP) is 2.16. The van der Waals surface area contributed by atoms with Gasteiger partial charge in [-0.05, 0) is 47.4 Å². The van der Waals surface area contributed by atoms with E-state index in [1.165, 1.54) is 24.3 Å². The van der Waals surface area contributed by atoms with Gasteiger partial charge in [0.2, 0.25) is 0 Å². The van der Waals surface area contributed by atoms with Crippen LogP contribution in [0.2, 0.25) is 0 Å². The van der Waals surface area contributed by atoms with Crippen LogP contribution >= 0.6 is 0 Å². The molecule has 17 heavy (non-hydrogen) atoms. The molecule has 0 fully saturated rings. The van der Waals surface area contributed by atoms with Crippen LogP contribution in [0.4, 0.5) is 4.39 Å². The van der Waals surface area contributed by atoms with Gasteiger partial charge < -0.3 is 9.90 Å². The molecule has 2 aromatic rings. The number of carbonyl (C=O) groups excluding carboxylic acids is 1. The average molecular weight is 229 g/mol. The van der Waals surface area contributed by atoms with Gasteiger partial charge in [-0.15, -0.1) is 0 Å². The zero-order valence-corrected chi connectivity index (χ0v) is 9.24. The van der Waals surface area contributed by atoms with Gasteiger partial charge in [0.1, 0.15) is 5.82 Å². The van der Waals surface area contributed by atoms with Gasteiger partial charge in [0.05, 0.1) is 5.97 Å². The van der Waals surface area contributed by atoms with Gasteiger partial charge in [0.25, 0.3) is 0 Å². The number of halogens is 1. The van der Waals surface area contributed by atoms with E-state index in [0.29, 0.717) is 0 Å². The summed E-state index contributed by atoms with van der Waals surface area (Å²) >= 11 is 0. The van der Waals surface area contributed by atoms with Crippen LogP contribution in [0, 0.1) is 12.7 Å². The summed E-state index contributed by atoms with van der Waals surface area (Å²) in [6.07, 6.45) is 0. The van der Waals surface area contributed by atoms with Gasteiger partial charge in [0, 0.05) is 0 Å². The van der Waals surface area contributed by atoms with Crippen LogP contribution in [0.5, 0.6) is 0 Å². The second kappa shape index (κ2) is 4.37. The van der Waals surface area contributed by atoms with Gasteiger partial charge in [-0.3, -0.25) is 0 Å². The Labute approximate surface area is 98.3 Å². The summed E-state index contributed by atoms with van der Waals surface area (Å²) in [4.78, 5) is 10.8. The Morgan fingerprint density at radius 2 is 1.94 bits per heavy atom. The van der Waals surface area contributed by atoms with E-state index in [4.69, 9.17) is 0 Å². The smallest absolute Gasteiger partial charge is 0.123 e. The highest BCUT2D eigenvalue weighted by Gasteiger charge is 2.04. The molecule has 0 aliphatic carbocycles. The molecule has 0 spiro atoms. The molecule has 0 atom stereocenters. The van der Waals surface area contributed by atoms with E-state index in [2.05, 4.69) is 0 Å². The fourth-order valence-corrected chi connectivity index (χ4v) is 1.76. The summed E-state index contributed by atoms with van der Waals surface area (Å²) in [5.41, 5.74) is 2.44. The monoisotopic (exact) mass is 229 g/mol. The first-order valence-corrected chi connectivity index (χ1v) is 5.16. The van der Waals surface area contributed by atoms with Gasteiger partial charge >= 0.3 is 0 Å². The van der Waals surface area contributed by atoms with Crippen molar-refractivity contribution >= 4 is 5.97 Å².